The van der Waals surface area contributed by atoms with Gasteiger partial charge in [0, 0.05) is 35.1 Å². The molecule has 2 saturated heterocycles. The fraction of sp³-hybridized carbons (Fsp3) is 0.423. The van der Waals surface area contributed by atoms with E-state index in [1.165, 1.54) is 12.8 Å². The monoisotopic (exact) mass is 437 g/mol. The number of rotatable bonds is 4. The highest BCUT2D eigenvalue weighted by Gasteiger charge is 2.39. The van der Waals surface area contributed by atoms with Crippen molar-refractivity contribution in [3.05, 3.63) is 60.2 Å². The van der Waals surface area contributed by atoms with Crippen LogP contribution in [0.5, 0.6) is 0 Å². The fourth-order valence-corrected chi connectivity index (χ4v) is 5.70. The molecule has 3 aromatic rings. The number of carbonyl (C=O) groups is 1. The molecular weight excluding hydrogens is 406 g/mol. The summed E-state index contributed by atoms with van der Waals surface area (Å²) in [7, 11) is 2.24. The first kappa shape index (κ1) is 21.9. The minimum Gasteiger partial charge on any atom is -0.349 e. The van der Waals surface area contributed by atoms with Gasteiger partial charge >= 0.3 is 0 Å². The van der Waals surface area contributed by atoms with E-state index < -0.39 is 0 Å². The number of aromatic nitrogens is 1. The Balaban J connectivity index is 0.00000231. The minimum absolute atomic E-state index is 0. The zero-order valence-electron chi connectivity index (χ0n) is 18.5. The lowest BCUT2D eigenvalue weighted by molar-refractivity contribution is 0.0884. The van der Waals surface area contributed by atoms with E-state index in [1.807, 2.05) is 24.3 Å². The molecular formula is C26H32ClN3O. The van der Waals surface area contributed by atoms with E-state index in [0.717, 1.165) is 40.6 Å². The summed E-state index contributed by atoms with van der Waals surface area (Å²) in [5, 5.41) is 4.47. The first-order valence-electron chi connectivity index (χ1n) is 11.3. The zero-order valence-corrected chi connectivity index (χ0v) is 19.4. The number of nitrogens with one attached hydrogen (secondary N) is 1. The number of nitrogens with zero attached hydrogens (tertiary/aromatic N) is 2. The van der Waals surface area contributed by atoms with Crippen LogP contribution in [0.1, 0.15) is 55.9 Å². The third-order valence-electron chi connectivity index (χ3n) is 7.13. The standard InChI is InChI=1S/C26H31N3O.ClH/c1-17(2)29-23-12-8-7-11-22(23)24(25(29)18-9-5-4-6-10-18)26(30)27-19-15-20-13-14-21(16-19)28(20)3;/h4-12,17,19-21H,13-16H2,1-3H3,(H,27,30);1H. The summed E-state index contributed by atoms with van der Waals surface area (Å²) >= 11 is 0. The van der Waals surface area contributed by atoms with Gasteiger partial charge in [0.15, 0.2) is 0 Å². The van der Waals surface area contributed by atoms with Gasteiger partial charge in [0.2, 0.25) is 0 Å². The molecule has 31 heavy (non-hydrogen) atoms. The molecule has 4 nitrogen and oxygen atoms in total. The average Bonchev–Trinajstić information content (AvgIpc) is 3.18. The number of benzene rings is 2. The van der Waals surface area contributed by atoms with Gasteiger partial charge in [-0.2, -0.15) is 0 Å². The van der Waals surface area contributed by atoms with Gasteiger partial charge in [0.25, 0.3) is 5.91 Å². The lowest BCUT2D eigenvalue weighted by atomic mass is 9.97. The lowest BCUT2D eigenvalue weighted by Crippen LogP contribution is -2.48. The molecule has 0 saturated carbocycles. The first-order valence-corrected chi connectivity index (χ1v) is 11.3. The van der Waals surface area contributed by atoms with Crippen molar-refractivity contribution >= 4 is 29.2 Å². The molecule has 2 aromatic carbocycles. The third-order valence-corrected chi connectivity index (χ3v) is 7.13. The normalized spacial score (nSPS) is 23.2. The Bertz CT molecular complexity index is 1060. The number of fused-ring (bicyclic) bond motifs is 3. The number of halogens is 1. The van der Waals surface area contributed by atoms with Crippen LogP contribution < -0.4 is 5.32 Å². The van der Waals surface area contributed by atoms with Gasteiger partial charge in [0.1, 0.15) is 0 Å². The van der Waals surface area contributed by atoms with Crippen molar-refractivity contribution in [1.82, 2.24) is 14.8 Å². The Morgan fingerprint density at radius 1 is 0.968 bits per heavy atom. The molecule has 1 N–H and O–H groups in total. The highest BCUT2D eigenvalue weighted by Crippen LogP contribution is 2.38. The SMILES string of the molecule is CC(C)n1c(-c2ccccc2)c(C(=O)NC2CC3CCC(C2)N3C)c2ccccc21.Cl. The van der Waals surface area contributed by atoms with Crippen LogP contribution in [0.4, 0.5) is 0 Å². The van der Waals surface area contributed by atoms with Crippen molar-refractivity contribution in [2.45, 2.75) is 63.7 Å². The predicted molar refractivity (Wildman–Crippen MR) is 130 cm³/mol. The largest absolute Gasteiger partial charge is 0.349 e. The second kappa shape index (κ2) is 8.68. The van der Waals surface area contributed by atoms with E-state index in [4.69, 9.17) is 0 Å². The number of hydrogen-bond donors (Lipinski definition) is 1. The van der Waals surface area contributed by atoms with E-state index in [2.05, 4.69) is 66.0 Å². The lowest BCUT2D eigenvalue weighted by Gasteiger charge is -2.36. The third kappa shape index (κ3) is 3.77. The van der Waals surface area contributed by atoms with Crippen LogP contribution in [0.15, 0.2) is 54.6 Å². The van der Waals surface area contributed by atoms with Gasteiger partial charge in [0.05, 0.1) is 11.3 Å². The number of para-hydroxylation sites is 1. The van der Waals surface area contributed by atoms with E-state index in [0.29, 0.717) is 12.1 Å². The summed E-state index contributed by atoms with van der Waals surface area (Å²) in [5.74, 6) is 0.0680. The van der Waals surface area contributed by atoms with Crippen LogP contribution in [-0.4, -0.2) is 40.5 Å². The molecule has 2 unspecified atom stereocenters. The zero-order chi connectivity index (χ0) is 20.8. The maximum absolute atomic E-state index is 13.7. The summed E-state index contributed by atoms with van der Waals surface area (Å²) in [6, 6.07) is 20.4. The van der Waals surface area contributed by atoms with E-state index in [9.17, 15) is 4.79 Å². The molecule has 1 amide bonds. The van der Waals surface area contributed by atoms with Gasteiger partial charge in [-0.15, -0.1) is 12.4 Å². The summed E-state index contributed by atoms with van der Waals surface area (Å²) in [6.07, 6.45) is 4.63. The second-order valence-electron chi connectivity index (χ2n) is 9.26. The topological polar surface area (TPSA) is 37.3 Å². The van der Waals surface area contributed by atoms with E-state index in [1.54, 1.807) is 0 Å². The Morgan fingerprint density at radius 3 is 2.23 bits per heavy atom. The molecule has 5 heteroatoms. The highest BCUT2D eigenvalue weighted by molar-refractivity contribution is 6.13. The molecule has 2 aliphatic heterocycles. The van der Waals surface area contributed by atoms with Crippen LogP contribution in [0.3, 0.4) is 0 Å². The van der Waals surface area contributed by atoms with Crippen molar-refractivity contribution in [3.63, 3.8) is 0 Å². The van der Waals surface area contributed by atoms with E-state index in [-0.39, 0.29) is 30.4 Å². The molecule has 0 radical (unpaired) electrons. The average molecular weight is 438 g/mol. The smallest absolute Gasteiger partial charge is 0.254 e. The van der Waals surface area contributed by atoms with Gasteiger partial charge in [-0.3, -0.25) is 4.79 Å². The fourth-order valence-electron chi connectivity index (χ4n) is 5.70. The van der Waals surface area contributed by atoms with Crippen molar-refractivity contribution < 1.29 is 4.79 Å². The number of piperidine rings is 1. The highest BCUT2D eigenvalue weighted by atomic mass is 35.5. The van der Waals surface area contributed by atoms with Crippen molar-refractivity contribution in [2.24, 2.45) is 0 Å². The molecule has 5 rings (SSSR count). The van der Waals surface area contributed by atoms with Crippen LogP contribution in [0.25, 0.3) is 22.2 Å². The summed E-state index contributed by atoms with van der Waals surface area (Å²) in [5.41, 5.74) is 4.06. The molecule has 2 aliphatic rings. The van der Waals surface area contributed by atoms with Crippen molar-refractivity contribution in [3.8, 4) is 11.3 Å². The van der Waals surface area contributed by atoms with E-state index >= 15 is 0 Å². The molecule has 0 spiro atoms. The second-order valence-corrected chi connectivity index (χ2v) is 9.26. The van der Waals surface area contributed by atoms with Gasteiger partial charge < -0.3 is 14.8 Å². The molecule has 164 valence electrons. The van der Waals surface area contributed by atoms with Gasteiger partial charge in [-0.1, -0.05) is 48.5 Å². The van der Waals surface area contributed by atoms with Crippen molar-refractivity contribution in [2.75, 3.05) is 7.05 Å². The van der Waals surface area contributed by atoms with Gasteiger partial charge in [-0.05, 0) is 58.2 Å². The summed E-state index contributed by atoms with van der Waals surface area (Å²) in [4.78, 5) is 16.3. The van der Waals surface area contributed by atoms with Gasteiger partial charge in [-0.25, -0.2) is 0 Å². The molecule has 2 bridgehead atoms. The minimum atomic E-state index is 0. The predicted octanol–water partition coefficient (Wildman–Crippen LogP) is 5.67. The Kier molecular flexibility index (Phi) is 6.14. The number of hydrogen-bond acceptors (Lipinski definition) is 2. The van der Waals surface area contributed by atoms with Crippen LogP contribution in [0, 0.1) is 0 Å². The molecule has 2 fully saturated rings. The summed E-state index contributed by atoms with van der Waals surface area (Å²) < 4.78 is 2.32. The van der Waals surface area contributed by atoms with Crippen LogP contribution in [-0.2, 0) is 0 Å². The number of carbonyl (C=O) groups excluding carboxylic acids is 1. The quantitative estimate of drug-likeness (QED) is 0.571. The first-order chi connectivity index (χ1) is 14.5. The Hall–Kier alpha value is -2.30. The maximum Gasteiger partial charge on any atom is 0.254 e. The molecule has 3 heterocycles. The summed E-state index contributed by atoms with van der Waals surface area (Å²) in [6.45, 7) is 4.38. The van der Waals surface area contributed by atoms with Crippen LogP contribution in [0.2, 0.25) is 0 Å². The molecule has 0 aliphatic carbocycles. The van der Waals surface area contributed by atoms with Crippen LogP contribution >= 0.6 is 12.4 Å². The number of amides is 1. The molecule has 1 aromatic heterocycles. The Morgan fingerprint density at radius 2 is 1.58 bits per heavy atom. The molecule has 2 atom stereocenters. The maximum atomic E-state index is 13.7. The Labute approximate surface area is 191 Å². The van der Waals surface area contributed by atoms with Crippen molar-refractivity contribution in [1.29, 1.82) is 0 Å².